The zero-order chi connectivity index (χ0) is 16.9. The largest absolute Gasteiger partial charge is 0.441 e. The van der Waals surface area contributed by atoms with Crippen LogP contribution in [0, 0.1) is 0 Å². The molecular weight excluding hydrogens is 330 g/mol. The van der Waals surface area contributed by atoms with Gasteiger partial charge in [0.1, 0.15) is 5.52 Å². The van der Waals surface area contributed by atoms with Crippen molar-refractivity contribution >= 4 is 34.5 Å². The van der Waals surface area contributed by atoms with E-state index in [2.05, 4.69) is 15.8 Å². The molecule has 0 unspecified atom stereocenters. The van der Waals surface area contributed by atoms with Crippen LogP contribution >= 0.6 is 11.6 Å². The lowest BCUT2D eigenvalue weighted by Crippen LogP contribution is -2.41. The first-order chi connectivity index (χ1) is 11.6. The summed E-state index contributed by atoms with van der Waals surface area (Å²) in [6.07, 6.45) is 0.491. The van der Waals surface area contributed by atoms with Gasteiger partial charge in [-0.05, 0) is 36.4 Å². The molecule has 0 spiro atoms. The van der Waals surface area contributed by atoms with Crippen molar-refractivity contribution in [3.05, 3.63) is 65.0 Å². The second-order valence-corrected chi connectivity index (χ2v) is 5.52. The van der Waals surface area contributed by atoms with Gasteiger partial charge in [-0.3, -0.25) is 20.4 Å². The minimum Gasteiger partial charge on any atom is -0.441 e. The molecule has 3 aromatic rings. The second-order valence-electron chi connectivity index (χ2n) is 5.08. The number of para-hydroxylation sites is 2. The van der Waals surface area contributed by atoms with E-state index in [0.717, 1.165) is 5.52 Å². The number of nitrogens with zero attached hydrogens (tertiary/aromatic N) is 1. The molecule has 1 heterocycles. The zero-order valence-corrected chi connectivity index (χ0v) is 13.3. The molecule has 24 heavy (non-hydrogen) atoms. The summed E-state index contributed by atoms with van der Waals surface area (Å²) in [6, 6.07) is 13.7. The Bertz CT molecular complexity index is 841. The molecule has 0 bridgehead atoms. The maximum atomic E-state index is 11.9. The standard InChI is InChI=1S/C17H14ClN3O3/c18-12-7-5-11(6-8-12)17(23)21-20-15(22)9-10-16-19-13-3-1-2-4-14(13)24-16/h1-8H,9-10H2,(H,20,22)(H,21,23). The normalized spacial score (nSPS) is 10.5. The van der Waals surface area contributed by atoms with E-state index in [1.54, 1.807) is 24.3 Å². The first-order valence-electron chi connectivity index (χ1n) is 7.31. The molecule has 3 rings (SSSR count). The minimum absolute atomic E-state index is 0.147. The van der Waals surface area contributed by atoms with Gasteiger partial charge in [0.05, 0.1) is 0 Å². The van der Waals surface area contributed by atoms with E-state index in [0.29, 0.717) is 28.5 Å². The van der Waals surface area contributed by atoms with Crippen molar-refractivity contribution in [2.45, 2.75) is 12.8 Å². The van der Waals surface area contributed by atoms with Crippen molar-refractivity contribution in [1.29, 1.82) is 0 Å². The number of benzene rings is 2. The summed E-state index contributed by atoms with van der Waals surface area (Å²) < 4.78 is 5.53. The quantitative estimate of drug-likeness (QED) is 0.713. The fourth-order valence-electron chi connectivity index (χ4n) is 2.11. The number of fused-ring (bicyclic) bond motifs is 1. The van der Waals surface area contributed by atoms with Crippen LogP contribution in [-0.2, 0) is 11.2 Å². The lowest BCUT2D eigenvalue weighted by Gasteiger charge is -2.06. The number of rotatable bonds is 4. The summed E-state index contributed by atoms with van der Waals surface area (Å²) in [5, 5.41) is 0.536. The van der Waals surface area contributed by atoms with E-state index in [9.17, 15) is 9.59 Å². The summed E-state index contributed by atoms with van der Waals surface area (Å²) in [7, 11) is 0. The van der Waals surface area contributed by atoms with Crippen LogP contribution in [-0.4, -0.2) is 16.8 Å². The Labute approximate surface area is 142 Å². The molecule has 2 aromatic carbocycles. The second kappa shape index (κ2) is 7.14. The Morgan fingerprint density at radius 3 is 2.54 bits per heavy atom. The molecule has 0 fully saturated rings. The van der Waals surface area contributed by atoms with Crippen LogP contribution in [0.1, 0.15) is 22.7 Å². The first-order valence-corrected chi connectivity index (χ1v) is 7.69. The third-order valence-electron chi connectivity index (χ3n) is 3.33. The van der Waals surface area contributed by atoms with E-state index in [1.807, 2.05) is 24.3 Å². The van der Waals surface area contributed by atoms with Crippen LogP contribution in [0.3, 0.4) is 0 Å². The van der Waals surface area contributed by atoms with Gasteiger partial charge in [-0.1, -0.05) is 23.7 Å². The van der Waals surface area contributed by atoms with Crippen LogP contribution in [0.5, 0.6) is 0 Å². The zero-order valence-electron chi connectivity index (χ0n) is 12.6. The molecule has 0 saturated carbocycles. The number of halogens is 1. The van der Waals surface area contributed by atoms with E-state index >= 15 is 0 Å². The minimum atomic E-state index is -0.415. The molecule has 6 nitrogen and oxygen atoms in total. The Balaban J connectivity index is 1.48. The predicted molar refractivity (Wildman–Crippen MR) is 89.4 cm³/mol. The van der Waals surface area contributed by atoms with Gasteiger partial charge >= 0.3 is 0 Å². The molecule has 0 atom stereocenters. The Morgan fingerprint density at radius 1 is 1.04 bits per heavy atom. The highest BCUT2D eigenvalue weighted by Crippen LogP contribution is 2.15. The molecule has 2 amide bonds. The first kappa shape index (κ1) is 16.0. The smallest absolute Gasteiger partial charge is 0.269 e. The average molecular weight is 344 g/mol. The van der Waals surface area contributed by atoms with E-state index in [1.165, 1.54) is 0 Å². The molecule has 122 valence electrons. The third-order valence-corrected chi connectivity index (χ3v) is 3.58. The number of aryl methyl sites for hydroxylation is 1. The number of hydrazine groups is 1. The van der Waals surface area contributed by atoms with Crippen molar-refractivity contribution in [1.82, 2.24) is 15.8 Å². The number of hydrogen-bond donors (Lipinski definition) is 2. The van der Waals surface area contributed by atoms with E-state index in [-0.39, 0.29) is 12.3 Å². The van der Waals surface area contributed by atoms with Gasteiger partial charge in [-0.25, -0.2) is 4.98 Å². The van der Waals surface area contributed by atoms with Gasteiger partial charge in [-0.15, -0.1) is 0 Å². The van der Waals surface area contributed by atoms with Crippen LogP contribution in [0.4, 0.5) is 0 Å². The third kappa shape index (κ3) is 3.91. The topological polar surface area (TPSA) is 84.2 Å². The lowest BCUT2D eigenvalue weighted by molar-refractivity contribution is -0.121. The molecule has 1 aromatic heterocycles. The number of carbonyl (C=O) groups is 2. The van der Waals surface area contributed by atoms with Crippen molar-refractivity contribution < 1.29 is 14.0 Å². The molecule has 2 N–H and O–H groups in total. The SMILES string of the molecule is O=C(CCc1nc2ccccc2o1)NNC(=O)c1ccc(Cl)cc1. The highest BCUT2D eigenvalue weighted by Gasteiger charge is 2.10. The van der Waals surface area contributed by atoms with Crippen LogP contribution < -0.4 is 10.9 Å². The van der Waals surface area contributed by atoms with Gasteiger partial charge in [0.2, 0.25) is 5.91 Å². The van der Waals surface area contributed by atoms with Crippen LogP contribution in [0.25, 0.3) is 11.1 Å². The molecule has 0 aliphatic carbocycles. The molecule has 0 aliphatic heterocycles. The van der Waals surface area contributed by atoms with Gasteiger partial charge < -0.3 is 4.42 Å². The summed E-state index contributed by atoms with van der Waals surface area (Å²) in [5.74, 6) is -0.267. The van der Waals surface area contributed by atoms with E-state index in [4.69, 9.17) is 16.0 Å². The van der Waals surface area contributed by atoms with Crippen molar-refractivity contribution in [2.24, 2.45) is 0 Å². The molecular formula is C17H14ClN3O3. The predicted octanol–water partition coefficient (Wildman–Crippen LogP) is 2.88. The fraction of sp³-hybridized carbons (Fsp3) is 0.118. The lowest BCUT2D eigenvalue weighted by atomic mass is 10.2. The van der Waals surface area contributed by atoms with Crippen molar-refractivity contribution in [2.75, 3.05) is 0 Å². The number of amides is 2. The fourth-order valence-corrected chi connectivity index (χ4v) is 2.24. The highest BCUT2D eigenvalue weighted by atomic mass is 35.5. The number of nitrogens with one attached hydrogen (secondary N) is 2. The maximum absolute atomic E-state index is 11.9. The Morgan fingerprint density at radius 2 is 1.79 bits per heavy atom. The molecule has 0 aliphatic rings. The van der Waals surface area contributed by atoms with E-state index < -0.39 is 5.91 Å². The Kier molecular flexibility index (Phi) is 4.77. The van der Waals surface area contributed by atoms with Crippen molar-refractivity contribution in [3.63, 3.8) is 0 Å². The molecule has 0 radical (unpaired) electrons. The van der Waals surface area contributed by atoms with Gasteiger partial charge in [0.15, 0.2) is 11.5 Å². The summed E-state index contributed by atoms with van der Waals surface area (Å²) in [6.45, 7) is 0. The van der Waals surface area contributed by atoms with Gasteiger partial charge in [0, 0.05) is 23.4 Å². The highest BCUT2D eigenvalue weighted by molar-refractivity contribution is 6.30. The monoisotopic (exact) mass is 343 g/mol. The number of hydrogen-bond acceptors (Lipinski definition) is 4. The number of carbonyl (C=O) groups excluding carboxylic acids is 2. The van der Waals surface area contributed by atoms with Crippen molar-refractivity contribution in [3.8, 4) is 0 Å². The number of aromatic nitrogens is 1. The number of oxazole rings is 1. The maximum Gasteiger partial charge on any atom is 0.269 e. The van der Waals surface area contributed by atoms with Gasteiger partial charge in [-0.2, -0.15) is 0 Å². The molecule has 0 saturated heterocycles. The van der Waals surface area contributed by atoms with Crippen LogP contribution in [0.2, 0.25) is 5.02 Å². The summed E-state index contributed by atoms with van der Waals surface area (Å²) in [5.41, 5.74) is 6.55. The Hall–Kier alpha value is -2.86. The summed E-state index contributed by atoms with van der Waals surface area (Å²) >= 11 is 5.76. The van der Waals surface area contributed by atoms with Crippen LogP contribution in [0.15, 0.2) is 52.9 Å². The molecule has 7 heteroatoms. The van der Waals surface area contributed by atoms with Gasteiger partial charge in [0.25, 0.3) is 5.91 Å². The summed E-state index contributed by atoms with van der Waals surface area (Å²) in [4.78, 5) is 27.9. The average Bonchev–Trinajstić information content (AvgIpc) is 3.01.